The van der Waals surface area contributed by atoms with Crippen LogP contribution in [-0.4, -0.2) is 36.5 Å². The van der Waals surface area contributed by atoms with E-state index in [0.717, 1.165) is 27.6 Å². The van der Waals surface area contributed by atoms with E-state index in [0.29, 0.717) is 10.0 Å². The highest BCUT2D eigenvalue weighted by Crippen LogP contribution is 2.35. The maximum absolute atomic E-state index is 12.9. The number of alkyl halides is 3. The van der Waals surface area contributed by atoms with Crippen molar-refractivity contribution in [3.05, 3.63) is 67.5 Å². The molecule has 3 aromatic rings. The summed E-state index contributed by atoms with van der Waals surface area (Å²) in [5.41, 5.74) is -2.53. The summed E-state index contributed by atoms with van der Waals surface area (Å²) in [6, 6.07) is 7.58. The molecule has 13 heteroatoms. The monoisotopic (exact) mass is 534 g/mol. The summed E-state index contributed by atoms with van der Waals surface area (Å²) in [4.78, 5) is 23.8. The van der Waals surface area contributed by atoms with Crippen molar-refractivity contribution in [1.29, 1.82) is 0 Å². The minimum absolute atomic E-state index is 0.00555. The van der Waals surface area contributed by atoms with Crippen LogP contribution in [0.1, 0.15) is 25.0 Å². The van der Waals surface area contributed by atoms with Gasteiger partial charge in [-0.05, 0) is 76.1 Å². The van der Waals surface area contributed by atoms with Gasteiger partial charge in [0.05, 0.1) is 27.3 Å². The van der Waals surface area contributed by atoms with E-state index in [1.165, 1.54) is 19.9 Å². The second kappa shape index (κ2) is 8.58. The summed E-state index contributed by atoms with van der Waals surface area (Å²) in [5.74, 6) is -0.850. The lowest BCUT2D eigenvalue weighted by molar-refractivity contribution is -0.152. The highest BCUT2D eigenvalue weighted by Gasteiger charge is 2.33. The second-order valence-corrected chi connectivity index (χ2v) is 8.44. The molecular formula is C19H15BrClF3N4O4. The van der Waals surface area contributed by atoms with E-state index in [4.69, 9.17) is 16.3 Å². The number of carbonyl (C=O) groups is 1. The SMILES string of the molecule is CC(C)(Oc1ccc(Cn2nnn(-c3ccc(C(F)(F)F)c(Cl)c3)c2=O)cc1Br)C(=O)O. The van der Waals surface area contributed by atoms with Crippen LogP contribution in [0.15, 0.2) is 45.7 Å². The third kappa shape index (κ3) is 4.96. The number of halogens is 5. The Morgan fingerprint density at radius 1 is 1.19 bits per heavy atom. The fourth-order valence-electron chi connectivity index (χ4n) is 2.62. The van der Waals surface area contributed by atoms with Crippen LogP contribution in [0.3, 0.4) is 0 Å². The lowest BCUT2D eigenvalue weighted by Gasteiger charge is -2.22. The first-order valence-corrected chi connectivity index (χ1v) is 10.1. The standard InChI is InChI=1S/C19H15BrClF3N4O4/c1-18(2,16(29)30)32-15-6-3-10(7-13(15)20)9-27-17(31)28(26-25-27)11-4-5-12(14(21)8-11)19(22,23)24/h3-8H,9H2,1-2H3,(H,29,30). The molecule has 0 aliphatic rings. The van der Waals surface area contributed by atoms with E-state index < -0.39 is 34.0 Å². The van der Waals surface area contributed by atoms with Gasteiger partial charge in [0.15, 0.2) is 5.60 Å². The van der Waals surface area contributed by atoms with E-state index >= 15 is 0 Å². The van der Waals surface area contributed by atoms with Crippen LogP contribution < -0.4 is 10.4 Å². The van der Waals surface area contributed by atoms with Crippen molar-refractivity contribution in [3.63, 3.8) is 0 Å². The summed E-state index contributed by atoms with van der Waals surface area (Å²) in [6.07, 6.45) is -4.62. The zero-order valence-electron chi connectivity index (χ0n) is 16.5. The van der Waals surface area contributed by atoms with Gasteiger partial charge in [0.25, 0.3) is 0 Å². The van der Waals surface area contributed by atoms with Crippen molar-refractivity contribution < 1.29 is 27.8 Å². The maximum Gasteiger partial charge on any atom is 0.417 e. The molecule has 170 valence electrons. The van der Waals surface area contributed by atoms with Crippen LogP contribution in [0.4, 0.5) is 13.2 Å². The van der Waals surface area contributed by atoms with Gasteiger partial charge in [0.2, 0.25) is 0 Å². The molecule has 0 atom stereocenters. The van der Waals surface area contributed by atoms with Gasteiger partial charge in [-0.1, -0.05) is 17.7 Å². The number of tetrazole rings is 1. The topological polar surface area (TPSA) is 99.2 Å². The van der Waals surface area contributed by atoms with Crippen LogP contribution >= 0.6 is 27.5 Å². The first kappa shape index (κ1) is 23.8. The molecule has 1 aromatic heterocycles. The minimum Gasteiger partial charge on any atom is -0.478 e. The molecule has 0 radical (unpaired) electrons. The second-order valence-electron chi connectivity index (χ2n) is 7.18. The summed E-state index contributed by atoms with van der Waals surface area (Å²) < 4.78 is 46.4. The molecule has 0 bridgehead atoms. The zero-order valence-corrected chi connectivity index (χ0v) is 18.9. The van der Waals surface area contributed by atoms with E-state index in [1.54, 1.807) is 12.1 Å². The quantitative estimate of drug-likeness (QED) is 0.509. The number of aliphatic carboxylic acids is 1. The number of nitrogens with zero attached hydrogens (tertiary/aromatic N) is 4. The molecule has 1 N–H and O–H groups in total. The molecule has 0 spiro atoms. The van der Waals surface area contributed by atoms with E-state index in [9.17, 15) is 27.9 Å². The van der Waals surface area contributed by atoms with Crippen molar-refractivity contribution in [2.45, 2.75) is 32.2 Å². The molecule has 8 nitrogen and oxygen atoms in total. The molecule has 32 heavy (non-hydrogen) atoms. The molecule has 0 aliphatic heterocycles. The van der Waals surface area contributed by atoms with Crippen LogP contribution in [0.25, 0.3) is 5.69 Å². The van der Waals surface area contributed by atoms with Crippen molar-refractivity contribution in [2.24, 2.45) is 0 Å². The largest absolute Gasteiger partial charge is 0.478 e. The number of rotatable bonds is 6. The molecule has 0 unspecified atom stereocenters. The molecule has 1 heterocycles. The molecule has 0 amide bonds. The van der Waals surface area contributed by atoms with Gasteiger partial charge < -0.3 is 9.84 Å². The fourth-order valence-corrected chi connectivity index (χ4v) is 3.41. The highest BCUT2D eigenvalue weighted by atomic mass is 79.9. The Morgan fingerprint density at radius 2 is 1.88 bits per heavy atom. The molecule has 2 aromatic carbocycles. The van der Waals surface area contributed by atoms with Gasteiger partial charge in [0, 0.05) is 0 Å². The number of aromatic nitrogens is 4. The predicted molar refractivity (Wildman–Crippen MR) is 111 cm³/mol. The molecule has 3 rings (SSSR count). The third-order valence-corrected chi connectivity index (χ3v) is 5.28. The number of hydrogen-bond donors (Lipinski definition) is 1. The Hall–Kier alpha value is -2.86. The Morgan fingerprint density at radius 3 is 2.44 bits per heavy atom. The number of hydrogen-bond acceptors (Lipinski definition) is 5. The van der Waals surface area contributed by atoms with Crippen molar-refractivity contribution in [1.82, 2.24) is 19.8 Å². The van der Waals surface area contributed by atoms with Crippen molar-refractivity contribution in [3.8, 4) is 11.4 Å². The fraction of sp³-hybridized carbons (Fsp3) is 0.263. The number of ether oxygens (including phenoxy) is 1. The summed E-state index contributed by atoms with van der Waals surface area (Å²) in [6.45, 7) is 2.80. The van der Waals surface area contributed by atoms with Crippen LogP contribution in [0, 0.1) is 0 Å². The number of carboxylic acid groups (broad SMARTS) is 1. The highest BCUT2D eigenvalue weighted by molar-refractivity contribution is 9.10. The number of carboxylic acids is 1. The predicted octanol–water partition coefficient (Wildman–Crippen LogP) is 4.15. The molecule has 0 fully saturated rings. The maximum atomic E-state index is 12.9. The average molecular weight is 536 g/mol. The lowest BCUT2D eigenvalue weighted by atomic mass is 10.1. The smallest absolute Gasteiger partial charge is 0.417 e. The molecule has 0 aliphatic carbocycles. The normalized spacial score (nSPS) is 12.1. The van der Waals surface area contributed by atoms with Crippen molar-refractivity contribution >= 4 is 33.5 Å². The first-order chi connectivity index (χ1) is 14.8. The Bertz CT molecular complexity index is 1240. The van der Waals surface area contributed by atoms with Gasteiger partial charge in [-0.25, -0.2) is 9.59 Å². The van der Waals surface area contributed by atoms with Crippen molar-refractivity contribution in [2.75, 3.05) is 0 Å². The minimum atomic E-state index is -4.62. The van der Waals surface area contributed by atoms with E-state index in [-0.39, 0.29) is 18.0 Å². The summed E-state index contributed by atoms with van der Waals surface area (Å²) >= 11 is 9.01. The van der Waals surface area contributed by atoms with Gasteiger partial charge in [0.1, 0.15) is 5.75 Å². The van der Waals surface area contributed by atoms with Gasteiger partial charge in [-0.15, -0.1) is 0 Å². The van der Waals surface area contributed by atoms with Gasteiger partial charge in [-0.3, -0.25) is 0 Å². The van der Waals surface area contributed by atoms with Crippen LogP contribution in [-0.2, 0) is 17.5 Å². The van der Waals surface area contributed by atoms with E-state index in [2.05, 4.69) is 26.4 Å². The molecule has 0 saturated carbocycles. The average Bonchev–Trinajstić information content (AvgIpc) is 3.03. The Labute approximate surface area is 192 Å². The van der Waals surface area contributed by atoms with Gasteiger partial charge >= 0.3 is 17.8 Å². The molecular weight excluding hydrogens is 521 g/mol. The third-order valence-electron chi connectivity index (χ3n) is 4.35. The Kier molecular flexibility index (Phi) is 6.38. The molecule has 0 saturated heterocycles. The summed E-state index contributed by atoms with van der Waals surface area (Å²) in [5, 5.41) is 16.1. The number of benzene rings is 2. The van der Waals surface area contributed by atoms with E-state index in [1.807, 2.05) is 0 Å². The van der Waals surface area contributed by atoms with Crippen LogP contribution in [0.2, 0.25) is 5.02 Å². The lowest BCUT2D eigenvalue weighted by Crippen LogP contribution is -2.38. The van der Waals surface area contributed by atoms with Gasteiger partial charge in [-0.2, -0.15) is 22.5 Å². The summed E-state index contributed by atoms with van der Waals surface area (Å²) in [7, 11) is 0. The Balaban J connectivity index is 1.84. The zero-order chi connectivity index (χ0) is 23.8. The van der Waals surface area contributed by atoms with Crippen LogP contribution in [0.5, 0.6) is 5.75 Å². The first-order valence-electron chi connectivity index (χ1n) is 8.90.